The lowest BCUT2D eigenvalue weighted by Gasteiger charge is -2.09. The standard InChI is InChI=1S/C50H50N8O2/c1(5-25-57-27-23-51-35-57)3-7-29-59-43-13-9-11-37(31-43)49-45-19-15-39(53-45)33-41-17-21-47(55-41)50(48-22-18-42(56-48)34-40-16-20-46(49)54-40)38-12-10-14-44(32-38)60-30-8-4-2-6-26-58-28-24-52-36-58/h9-24,27-28,31-36,53,56H,1-8,25-26,29-30H2. The van der Waals surface area contributed by atoms with E-state index in [1.165, 1.54) is 0 Å². The van der Waals surface area contributed by atoms with Crippen LogP contribution in [0.3, 0.4) is 0 Å². The Balaban J connectivity index is 0.961. The number of H-pyrrole nitrogens is 2. The topological polar surface area (TPSA) is 111 Å². The van der Waals surface area contributed by atoms with Gasteiger partial charge < -0.3 is 28.6 Å². The van der Waals surface area contributed by atoms with Gasteiger partial charge in [-0.2, -0.15) is 0 Å². The van der Waals surface area contributed by atoms with E-state index in [0.717, 1.165) is 143 Å². The summed E-state index contributed by atoms with van der Waals surface area (Å²) in [5.41, 5.74) is 11.5. The lowest BCUT2D eigenvalue weighted by Crippen LogP contribution is -1.99. The molecule has 10 nitrogen and oxygen atoms in total. The first-order valence-electron chi connectivity index (χ1n) is 21.2. The van der Waals surface area contributed by atoms with Gasteiger partial charge in [0.1, 0.15) is 11.5 Å². The normalized spacial score (nSPS) is 12.0. The predicted octanol–water partition coefficient (Wildman–Crippen LogP) is 11.7. The van der Waals surface area contributed by atoms with E-state index in [9.17, 15) is 0 Å². The van der Waals surface area contributed by atoms with Crippen LogP contribution in [-0.2, 0) is 13.1 Å². The Bertz CT molecular complexity index is 2550. The summed E-state index contributed by atoms with van der Waals surface area (Å²) in [6.07, 6.45) is 28.7. The highest BCUT2D eigenvalue weighted by atomic mass is 16.5. The van der Waals surface area contributed by atoms with E-state index in [-0.39, 0.29) is 0 Å². The van der Waals surface area contributed by atoms with Gasteiger partial charge in [0.15, 0.2) is 0 Å². The molecule has 2 N–H and O–H groups in total. The van der Waals surface area contributed by atoms with Crippen molar-refractivity contribution in [2.45, 2.75) is 64.5 Å². The van der Waals surface area contributed by atoms with Crippen LogP contribution in [0.25, 0.3) is 68.6 Å². The molecule has 2 aliphatic rings. The minimum Gasteiger partial charge on any atom is -0.494 e. The molecule has 8 bridgehead atoms. The zero-order valence-electron chi connectivity index (χ0n) is 33.8. The molecule has 0 fully saturated rings. The maximum absolute atomic E-state index is 6.28. The first-order valence-corrected chi connectivity index (χ1v) is 21.2. The molecular formula is C50H50N8O2. The summed E-state index contributed by atoms with van der Waals surface area (Å²) >= 11 is 0. The number of nitrogens with one attached hydrogen (secondary N) is 2. The summed E-state index contributed by atoms with van der Waals surface area (Å²) in [5, 5.41) is 0. The Labute approximate surface area is 350 Å². The second-order valence-corrected chi connectivity index (χ2v) is 15.4. The van der Waals surface area contributed by atoms with Crippen molar-refractivity contribution in [1.82, 2.24) is 39.0 Å². The quantitative estimate of drug-likeness (QED) is 0.0837. The molecule has 0 saturated heterocycles. The van der Waals surface area contributed by atoms with E-state index in [1.54, 1.807) is 0 Å². The van der Waals surface area contributed by atoms with Crippen LogP contribution in [0.5, 0.6) is 11.5 Å². The molecule has 0 atom stereocenters. The summed E-state index contributed by atoms with van der Waals surface area (Å²) in [5.74, 6) is 1.71. The van der Waals surface area contributed by atoms with Crippen molar-refractivity contribution in [3.63, 3.8) is 0 Å². The van der Waals surface area contributed by atoms with Gasteiger partial charge in [-0.3, -0.25) is 0 Å². The van der Waals surface area contributed by atoms with E-state index < -0.39 is 0 Å². The predicted molar refractivity (Wildman–Crippen MR) is 242 cm³/mol. The fourth-order valence-electron chi connectivity index (χ4n) is 7.88. The fourth-order valence-corrected chi connectivity index (χ4v) is 7.88. The number of rotatable bonds is 18. The van der Waals surface area contributed by atoms with Crippen LogP contribution < -0.4 is 9.47 Å². The third kappa shape index (κ3) is 9.67. The van der Waals surface area contributed by atoms with Crippen LogP contribution >= 0.6 is 0 Å². The summed E-state index contributed by atoms with van der Waals surface area (Å²) < 4.78 is 16.8. The molecule has 9 rings (SSSR count). The van der Waals surface area contributed by atoms with Gasteiger partial charge in [-0.05, 0) is 122 Å². The molecule has 0 unspecified atom stereocenters. The summed E-state index contributed by atoms with van der Waals surface area (Å²) in [6.45, 7) is 3.37. The smallest absolute Gasteiger partial charge is 0.119 e. The van der Waals surface area contributed by atoms with Gasteiger partial charge in [-0.25, -0.2) is 19.9 Å². The van der Waals surface area contributed by atoms with Crippen molar-refractivity contribution in [2.75, 3.05) is 13.2 Å². The highest BCUT2D eigenvalue weighted by Gasteiger charge is 2.14. The SMILES string of the molecule is C1=Cc2nc1cc1ccc([nH]1)c(-c1cccc(OCCCCCCn3ccnc3)c1)c1nc(cc3ccc([nH]3)c2-c2cccc(OCCCCCCn3ccnc3)c2)C=C1. The molecule has 7 aromatic rings. The zero-order chi connectivity index (χ0) is 40.4. The van der Waals surface area contributed by atoms with Gasteiger partial charge in [-0.15, -0.1) is 0 Å². The van der Waals surface area contributed by atoms with E-state index in [2.05, 4.69) is 126 Å². The van der Waals surface area contributed by atoms with Crippen LogP contribution in [-0.4, -0.2) is 52.3 Å². The maximum atomic E-state index is 6.28. The number of ether oxygens (including phenoxy) is 2. The summed E-state index contributed by atoms with van der Waals surface area (Å²) in [7, 11) is 0. The Hall–Kier alpha value is -6.94. The molecule has 302 valence electrons. The zero-order valence-corrected chi connectivity index (χ0v) is 33.8. The minimum atomic E-state index is 0.680. The monoisotopic (exact) mass is 794 g/mol. The highest BCUT2D eigenvalue weighted by Crippen LogP contribution is 2.34. The lowest BCUT2D eigenvalue weighted by molar-refractivity contribution is 0.304. The molecule has 60 heavy (non-hydrogen) atoms. The number of aryl methyl sites for hydroxylation is 2. The molecule has 10 heteroatoms. The van der Waals surface area contributed by atoms with Gasteiger partial charge in [0.05, 0.1) is 48.6 Å². The number of imidazole rings is 2. The van der Waals surface area contributed by atoms with Crippen molar-refractivity contribution >= 4 is 46.4 Å². The van der Waals surface area contributed by atoms with Crippen molar-refractivity contribution < 1.29 is 9.47 Å². The Morgan fingerprint density at radius 2 is 0.967 bits per heavy atom. The van der Waals surface area contributed by atoms with Gasteiger partial charge >= 0.3 is 0 Å². The van der Waals surface area contributed by atoms with Crippen LogP contribution in [0.1, 0.15) is 74.1 Å². The lowest BCUT2D eigenvalue weighted by atomic mass is 10.0. The van der Waals surface area contributed by atoms with Crippen molar-refractivity contribution in [3.05, 3.63) is 145 Å². The molecule has 0 spiro atoms. The molecule has 7 heterocycles. The van der Waals surface area contributed by atoms with Gasteiger partial charge in [-0.1, -0.05) is 49.9 Å². The molecule has 2 aromatic carbocycles. The first kappa shape index (κ1) is 38.6. The average molecular weight is 795 g/mol. The molecule has 0 radical (unpaired) electrons. The number of aromatic nitrogens is 8. The third-order valence-corrected chi connectivity index (χ3v) is 10.9. The van der Waals surface area contributed by atoms with Crippen molar-refractivity contribution in [1.29, 1.82) is 0 Å². The van der Waals surface area contributed by atoms with Crippen molar-refractivity contribution in [2.24, 2.45) is 0 Å². The minimum absolute atomic E-state index is 0.680. The second kappa shape index (κ2) is 18.8. The average Bonchev–Trinajstić information content (AvgIpc) is 4.12. The number of hydrogen-bond acceptors (Lipinski definition) is 6. The van der Waals surface area contributed by atoms with E-state index in [0.29, 0.717) is 13.2 Å². The van der Waals surface area contributed by atoms with Crippen LogP contribution in [0.4, 0.5) is 0 Å². The van der Waals surface area contributed by atoms with E-state index >= 15 is 0 Å². The van der Waals surface area contributed by atoms with Crippen molar-refractivity contribution in [3.8, 4) is 33.8 Å². The van der Waals surface area contributed by atoms with Gasteiger partial charge in [0, 0.05) is 71.1 Å². The Kier molecular flexibility index (Phi) is 12.1. The molecular weight excluding hydrogens is 745 g/mol. The van der Waals surface area contributed by atoms with Gasteiger partial charge in [0.2, 0.25) is 0 Å². The molecule has 5 aromatic heterocycles. The van der Waals surface area contributed by atoms with Crippen LogP contribution in [0.15, 0.2) is 122 Å². The fraction of sp³-hybridized carbons (Fsp3) is 0.240. The first-order chi connectivity index (χ1) is 29.7. The number of benzene rings is 2. The number of aromatic amines is 2. The second-order valence-electron chi connectivity index (χ2n) is 15.4. The van der Waals surface area contributed by atoms with E-state index in [1.807, 2.05) is 49.6 Å². The molecule has 0 aliphatic carbocycles. The van der Waals surface area contributed by atoms with Gasteiger partial charge in [0.25, 0.3) is 0 Å². The third-order valence-electron chi connectivity index (χ3n) is 10.9. The van der Waals surface area contributed by atoms with Crippen LogP contribution in [0.2, 0.25) is 0 Å². The Morgan fingerprint density at radius 3 is 1.43 bits per heavy atom. The van der Waals surface area contributed by atoms with Crippen LogP contribution in [0, 0.1) is 0 Å². The highest BCUT2D eigenvalue weighted by molar-refractivity contribution is 5.93. The maximum Gasteiger partial charge on any atom is 0.119 e. The Morgan fingerprint density at radius 1 is 0.483 bits per heavy atom. The molecule has 0 saturated carbocycles. The number of fused-ring (bicyclic) bond motifs is 8. The molecule has 2 aliphatic heterocycles. The molecule has 0 amide bonds. The van der Waals surface area contributed by atoms with E-state index in [4.69, 9.17) is 19.4 Å². The number of hydrogen-bond donors (Lipinski definition) is 2. The number of unbranched alkanes of at least 4 members (excludes halogenated alkanes) is 6. The summed E-state index contributed by atoms with van der Waals surface area (Å²) in [6, 6.07) is 29.4. The summed E-state index contributed by atoms with van der Waals surface area (Å²) in [4.78, 5) is 25.9. The number of nitrogens with zero attached hydrogens (tertiary/aromatic N) is 6. The largest absolute Gasteiger partial charge is 0.494 e.